The number of nitrogens with one attached hydrogen (secondary N) is 1. The lowest BCUT2D eigenvalue weighted by Crippen LogP contribution is -2.05. The van der Waals surface area contributed by atoms with Crippen molar-refractivity contribution in [2.75, 3.05) is 7.05 Å². The molecule has 4 heteroatoms. The smallest absolute Gasteiger partial charge is 0.166 e. The van der Waals surface area contributed by atoms with Gasteiger partial charge in [-0.15, -0.1) is 0 Å². The lowest BCUT2D eigenvalue weighted by molar-refractivity contribution is 0.439. The van der Waals surface area contributed by atoms with Crippen LogP contribution in [0.4, 0.5) is 4.39 Å². The van der Waals surface area contributed by atoms with Gasteiger partial charge in [0.2, 0.25) is 0 Å². The van der Waals surface area contributed by atoms with Crippen LogP contribution in [0, 0.1) is 12.7 Å². The first kappa shape index (κ1) is 14.0. The molecule has 0 saturated carbocycles. The summed E-state index contributed by atoms with van der Waals surface area (Å²) in [5.74, 6) is 0.516. The lowest BCUT2D eigenvalue weighted by atomic mass is 10.1. The van der Waals surface area contributed by atoms with Crippen LogP contribution in [0.5, 0.6) is 11.5 Å². The Morgan fingerprint density at radius 1 is 1.16 bits per heavy atom. The zero-order valence-electron chi connectivity index (χ0n) is 10.8. The van der Waals surface area contributed by atoms with Gasteiger partial charge in [-0.25, -0.2) is 4.39 Å². The molecule has 0 bridgehead atoms. The zero-order valence-corrected chi connectivity index (χ0v) is 12.4. The number of ether oxygens (including phenoxy) is 1. The molecule has 0 aliphatic carbocycles. The Bertz CT molecular complexity index is 586. The van der Waals surface area contributed by atoms with Crippen molar-refractivity contribution in [2.45, 2.75) is 13.5 Å². The molecule has 0 radical (unpaired) electrons. The average molecular weight is 324 g/mol. The summed E-state index contributed by atoms with van der Waals surface area (Å²) < 4.78 is 20.0. The molecule has 0 aliphatic heterocycles. The molecule has 0 heterocycles. The summed E-state index contributed by atoms with van der Waals surface area (Å²) >= 11 is 3.22. The fourth-order valence-electron chi connectivity index (χ4n) is 1.82. The first-order valence-electron chi connectivity index (χ1n) is 5.97. The van der Waals surface area contributed by atoms with Gasteiger partial charge in [0.15, 0.2) is 11.6 Å². The molecule has 2 nitrogen and oxygen atoms in total. The van der Waals surface area contributed by atoms with E-state index in [1.807, 2.05) is 32.2 Å². The number of halogens is 2. The summed E-state index contributed by atoms with van der Waals surface area (Å²) in [6.45, 7) is 2.75. The summed E-state index contributed by atoms with van der Waals surface area (Å²) in [6.07, 6.45) is 0. The van der Waals surface area contributed by atoms with E-state index in [4.69, 9.17) is 4.74 Å². The van der Waals surface area contributed by atoms with Crippen LogP contribution in [0.15, 0.2) is 40.9 Å². The van der Waals surface area contributed by atoms with Gasteiger partial charge in [0.25, 0.3) is 0 Å². The number of hydrogen-bond acceptors (Lipinski definition) is 2. The van der Waals surface area contributed by atoms with Gasteiger partial charge in [-0.3, -0.25) is 0 Å². The molecule has 2 aromatic carbocycles. The molecule has 2 aromatic rings. The van der Waals surface area contributed by atoms with Gasteiger partial charge in [-0.2, -0.15) is 0 Å². The Kier molecular flexibility index (Phi) is 4.56. The molecule has 0 spiro atoms. The molecule has 0 aliphatic rings. The van der Waals surface area contributed by atoms with Crippen molar-refractivity contribution >= 4 is 15.9 Å². The topological polar surface area (TPSA) is 21.3 Å². The first-order chi connectivity index (χ1) is 9.10. The summed E-state index contributed by atoms with van der Waals surface area (Å²) in [4.78, 5) is 0. The minimum absolute atomic E-state index is 0.229. The molecule has 2 rings (SSSR count). The number of rotatable bonds is 4. The Hall–Kier alpha value is -1.39. The molecule has 0 fully saturated rings. The molecule has 0 atom stereocenters. The first-order valence-corrected chi connectivity index (χ1v) is 6.76. The molecule has 100 valence electrons. The molecule has 19 heavy (non-hydrogen) atoms. The standard InChI is InChI=1S/C15H15BrFNO/c1-10-7-11(9-18-2)3-5-14(10)19-15-6-4-12(16)8-13(15)17/h3-8,18H,9H2,1-2H3. The summed E-state index contributed by atoms with van der Waals surface area (Å²) in [7, 11) is 1.90. The third-order valence-electron chi connectivity index (χ3n) is 2.73. The van der Waals surface area contributed by atoms with E-state index in [1.165, 1.54) is 11.6 Å². The zero-order chi connectivity index (χ0) is 13.8. The van der Waals surface area contributed by atoms with Crippen LogP contribution in [0.1, 0.15) is 11.1 Å². The quantitative estimate of drug-likeness (QED) is 0.899. The average Bonchev–Trinajstić information content (AvgIpc) is 2.36. The van der Waals surface area contributed by atoms with Crippen molar-refractivity contribution in [3.8, 4) is 11.5 Å². The normalized spacial score (nSPS) is 10.5. The van der Waals surface area contributed by atoms with E-state index in [0.717, 1.165) is 12.1 Å². The van der Waals surface area contributed by atoms with E-state index >= 15 is 0 Å². The van der Waals surface area contributed by atoms with Crippen molar-refractivity contribution in [1.29, 1.82) is 0 Å². The minimum atomic E-state index is -0.381. The maximum absolute atomic E-state index is 13.7. The van der Waals surface area contributed by atoms with Crippen molar-refractivity contribution in [1.82, 2.24) is 5.32 Å². The van der Waals surface area contributed by atoms with E-state index in [2.05, 4.69) is 21.2 Å². The van der Waals surface area contributed by atoms with Crippen LogP contribution >= 0.6 is 15.9 Å². The highest BCUT2D eigenvalue weighted by Crippen LogP contribution is 2.29. The monoisotopic (exact) mass is 323 g/mol. The van der Waals surface area contributed by atoms with E-state index in [-0.39, 0.29) is 11.6 Å². The largest absolute Gasteiger partial charge is 0.454 e. The summed E-state index contributed by atoms with van der Waals surface area (Å²) in [5, 5.41) is 3.09. The maximum Gasteiger partial charge on any atom is 0.166 e. The lowest BCUT2D eigenvalue weighted by Gasteiger charge is -2.11. The van der Waals surface area contributed by atoms with Gasteiger partial charge in [0.05, 0.1) is 0 Å². The van der Waals surface area contributed by atoms with Gasteiger partial charge in [-0.05, 0) is 49.4 Å². The van der Waals surface area contributed by atoms with Crippen LogP contribution in [0.25, 0.3) is 0 Å². The van der Waals surface area contributed by atoms with Gasteiger partial charge in [0, 0.05) is 11.0 Å². The molecular formula is C15H15BrFNO. The van der Waals surface area contributed by atoms with Crippen LogP contribution in [0.2, 0.25) is 0 Å². The van der Waals surface area contributed by atoms with E-state index in [1.54, 1.807) is 12.1 Å². The molecular weight excluding hydrogens is 309 g/mol. The van der Waals surface area contributed by atoms with E-state index in [0.29, 0.717) is 10.2 Å². The van der Waals surface area contributed by atoms with E-state index in [9.17, 15) is 4.39 Å². The maximum atomic E-state index is 13.7. The predicted octanol–water partition coefficient (Wildman–Crippen LogP) is 4.41. The van der Waals surface area contributed by atoms with Crippen LogP contribution < -0.4 is 10.1 Å². The van der Waals surface area contributed by atoms with Gasteiger partial charge < -0.3 is 10.1 Å². The Balaban J connectivity index is 2.23. The third kappa shape index (κ3) is 3.55. The fourth-order valence-corrected chi connectivity index (χ4v) is 2.15. The van der Waals surface area contributed by atoms with Crippen LogP contribution in [-0.2, 0) is 6.54 Å². The molecule has 0 saturated heterocycles. The SMILES string of the molecule is CNCc1ccc(Oc2ccc(Br)cc2F)c(C)c1. The molecule has 0 unspecified atom stereocenters. The second-order valence-corrected chi connectivity index (χ2v) is 5.22. The summed E-state index contributed by atoms with van der Waals surface area (Å²) in [6, 6.07) is 10.6. The van der Waals surface area contributed by atoms with Crippen molar-refractivity contribution in [3.63, 3.8) is 0 Å². The highest BCUT2D eigenvalue weighted by molar-refractivity contribution is 9.10. The van der Waals surface area contributed by atoms with Gasteiger partial charge in [-0.1, -0.05) is 28.1 Å². The molecule has 0 aromatic heterocycles. The second-order valence-electron chi connectivity index (χ2n) is 4.31. The van der Waals surface area contributed by atoms with E-state index < -0.39 is 0 Å². The highest BCUT2D eigenvalue weighted by atomic mass is 79.9. The fraction of sp³-hybridized carbons (Fsp3) is 0.200. The molecule has 1 N–H and O–H groups in total. The number of benzene rings is 2. The van der Waals surface area contributed by atoms with Gasteiger partial charge in [0.1, 0.15) is 5.75 Å². The number of aryl methyl sites for hydroxylation is 1. The Morgan fingerprint density at radius 2 is 1.89 bits per heavy atom. The second kappa shape index (κ2) is 6.17. The number of hydrogen-bond donors (Lipinski definition) is 1. The van der Waals surface area contributed by atoms with Gasteiger partial charge >= 0.3 is 0 Å². The van der Waals surface area contributed by atoms with Crippen molar-refractivity contribution in [3.05, 3.63) is 57.8 Å². The highest BCUT2D eigenvalue weighted by Gasteiger charge is 2.07. The molecule has 0 amide bonds. The predicted molar refractivity (Wildman–Crippen MR) is 78.1 cm³/mol. The van der Waals surface area contributed by atoms with Crippen molar-refractivity contribution in [2.24, 2.45) is 0 Å². The van der Waals surface area contributed by atoms with Crippen LogP contribution in [-0.4, -0.2) is 7.05 Å². The van der Waals surface area contributed by atoms with Crippen LogP contribution in [0.3, 0.4) is 0 Å². The van der Waals surface area contributed by atoms with Crippen molar-refractivity contribution < 1.29 is 9.13 Å². The third-order valence-corrected chi connectivity index (χ3v) is 3.23. The Labute approximate surface area is 120 Å². The Morgan fingerprint density at radius 3 is 2.53 bits per heavy atom. The summed E-state index contributed by atoms with van der Waals surface area (Å²) in [5.41, 5.74) is 2.15. The minimum Gasteiger partial charge on any atom is -0.454 e.